The number of aryl methyl sites for hydroxylation is 1. The number of hydrogen-bond acceptors (Lipinski definition) is 2. The lowest BCUT2D eigenvalue weighted by atomic mass is 10.2. The first-order chi connectivity index (χ1) is 6.33. The lowest BCUT2D eigenvalue weighted by Crippen LogP contribution is -2.05. The molecule has 3 heteroatoms. The van der Waals surface area contributed by atoms with Crippen molar-refractivity contribution in [2.45, 2.75) is 13.5 Å². The highest BCUT2D eigenvalue weighted by Gasteiger charge is 2.06. The second kappa shape index (κ2) is 3.18. The topological polar surface area (TPSA) is 29.3 Å². The van der Waals surface area contributed by atoms with Gasteiger partial charge in [-0.05, 0) is 26.1 Å². The molecule has 0 aliphatic carbocycles. The third-order valence-electron chi connectivity index (χ3n) is 2.20. The molecular formula is C10H13N3. The highest BCUT2D eigenvalue weighted by atomic mass is 15.2. The Kier molecular flexibility index (Phi) is 2.02. The van der Waals surface area contributed by atoms with E-state index in [0.717, 1.165) is 12.2 Å². The Morgan fingerprint density at radius 1 is 1.46 bits per heavy atom. The Bertz CT molecular complexity index is 417. The highest BCUT2D eigenvalue weighted by Crippen LogP contribution is 2.13. The van der Waals surface area contributed by atoms with Crippen molar-refractivity contribution in [3.8, 4) is 0 Å². The number of nitrogens with zero attached hydrogens (tertiary/aromatic N) is 2. The number of aromatic nitrogens is 2. The molecule has 0 aliphatic heterocycles. The largest absolute Gasteiger partial charge is 0.316 e. The number of hydrogen-bond donors (Lipinski definition) is 1. The number of nitrogens with one attached hydrogen (secondary N) is 1. The van der Waals surface area contributed by atoms with Gasteiger partial charge in [0, 0.05) is 18.3 Å². The van der Waals surface area contributed by atoms with Crippen molar-refractivity contribution in [2.24, 2.45) is 0 Å². The maximum Gasteiger partial charge on any atom is 0.0709 e. The quantitative estimate of drug-likeness (QED) is 0.746. The van der Waals surface area contributed by atoms with E-state index in [1.807, 2.05) is 36.8 Å². The van der Waals surface area contributed by atoms with E-state index >= 15 is 0 Å². The summed E-state index contributed by atoms with van der Waals surface area (Å²) in [5, 5.41) is 7.56. The summed E-state index contributed by atoms with van der Waals surface area (Å²) in [4.78, 5) is 0. The SMILES string of the molecule is CNCc1c(C)nn2ccccc12. The van der Waals surface area contributed by atoms with Crippen molar-refractivity contribution in [1.29, 1.82) is 0 Å². The van der Waals surface area contributed by atoms with E-state index in [1.54, 1.807) is 0 Å². The zero-order valence-corrected chi connectivity index (χ0v) is 7.91. The first kappa shape index (κ1) is 8.26. The molecule has 0 saturated heterocycles. The molecule has 0 saturated carbocycles. The Hall–Kier alpha value is -1.35. The van der Waals surface area contributed by atoms with Crippen LogP contribution in [0.3, 0.4) is 0 Å². The summed E-state index contributed by atoms with van der Waals surface area (Å²) < 4.78 is 1.92. The lowest BCUT2D eigenvalue weighted by Gasteiger charge is -1.97. The van der Waals surface area contributed by atoms with Crippen LogP contribution in [0.4, 0.5) is 0 Å². The van der Waals surface area contributed by atoms with Crippen LogP contribution in [0, 0.1) is 6.92 Å². The number of rotatable bonds is 2. The van der Waals surface area contributed by atoms with Gasteiger partial charge in [-0.15, -0.1) is 0 Å². The zero-order valence-electron chi connectivity index (χ0n) is 7.91. The van der Waals surface area contributed by atoms with E-state index < -0.39 is 0 Å². The molecule has 0 amide bonds. The third kappa shape index (κ3) is 1.31. The zero-order chi connectivity index (χ0) is 9.26. The molecule has 0 unspecified atom stereocenters. The fraction of sp³-hybridized carbons (Fsp3) is 0.300. The second-order valence-electron chi connectivity index (χ2n) is 3.12. The van der Waals surface area contributed by atoms with Crippen LogP contribution in [-0.4, -0.2) is 16.7 Å². The molecule has 0 spiro atoms. The van der Waals surface area contributed by atoms with Gasteiger partial charge in [0.15, 0.2) is 0 Å². The first-order valence-electron chi connectivity index (χ1n) is 4.40. The summed E-state index contributed by atoms with van der Waals surface area (Å²) in [6.45, 7) is 2.92. The van der Waals surface area contributed by atoms with E-state index in [-0.39, 0.29) is 0 Å². The van der Waals surface area contributed by atoms with Crippen LogP contribution >= 0.6 is 0 Å². The van der Waals surface area contributed by atoms with E-state index in [9.17, 15) is 0 Å². The minimum atomic E-state index is 0.874. The average molecular weight is 175 g/mol. The molecule has 0 fully saturated rings. The lowest BCUT2D eigenvalue weighted by molar-refractivity contribution is 0.816. The molecule has 1 N–H and O–H groups in total. The molecule has 2 rings (SSSR count). The molecule has 13 heavy (non-hydrogen) atoms. The summed E-state index contributed by atoms with van der Waals surface area (Å²) in [5.74, 6) is 0. The number of pyridine rings is 1. The summed E-state index contributed by atoms with van der Waals surface area (Å²) in [5.41, 5.74) is 3.57. The summed E-state index contributed by atoms with van der Waals surface area (Å²) in [6.07, 6.45) is 1.97. The van der Waals surface area contributed by atoms with Gasteiger partial charge in [-0.25, -0.2) is 4.52 Å². The number of fused-ring (bicyclic) bond motifs is 1. The summed E-state index contributed by atoms with van der Waals surface area (Å²) in [7, 11) is 1.95. The van der Waals surface area contributed by atoms with Crippen molar-refractivity contribution in [3.05, 3.63) is 35.7 Å². The minimum absolute atomic E-state index is 0.874. The monoisotopic (exact) mass is 175 g/mol. The van der Waals surface area contributed by atoms with Gasteiger partial charge in [-0.3, -0.25) is 0 Å². The van der Waals surface area contributed by atoms with Crippen LogP contribution in [0.25, 0.3) is 5.52 Å². The fourth-order valence-corrected chi connectivity index (χ4v) is 1.56. The Balaban J connectivity index is 2.64. The third-order valence-corrected chi connectivity index (χ3v) is 2.20. The van der Waals surface area contributed by atoms with E-state index in [0.29, 0.717) is 0 Å². The van der Waals surface area contributed by atoms with Crippen LogP contribution < -0.4 is 5.32 Å². The fourth-order valence-electron chi connectivity index (χ4n) is 1.56. The van der Waals surface area contributed by atoms with Gasteiger partial charge in [0.05, 0.1) is 11.2 Å². The van der Waals surface area contributed by atoms with Crippen LogP contribution in [-0.2, 0) is 6.54 Å². The average Bonchev–Trinajstić information content (AvgIpc) is 2.44. The van der Waals surface area contributed by atoms with Gasteiger partial charge < -0.3 is 5.32 Å². The van der Waals surface area contributed by atoms with E-state index in [4.69, 9.17) is 0 Å². The van der Waals surface area contributed by atoms with Crippen LogP contribution in [0.1, 0.15) is 11.3 Å². The van der Waals surface area contributed by atoms with E-state index in [2.05, 4.69) is 16.5 Å². The van der Waals surface area contributed by atoms with Crippen molar-refractivity contribution >= 4 is 5.52 Å². The predicted octanol–water partition coefficient (Wildman–Crippen LogP) is 1.36. The molecule has 2 heterocycles. The van der Waals surface area contributed by atoms with Gasteiger partial charge in [0.1, 0.15) is 0 Å². The van der Waals surface area contributed by atoms with E-state index in [1.165, 1.54) is 11.1 Å². The molecule has 0 aliphatic rings. The van der Waals surface area contributed by atoms with Gasteiger partial charge >= 0.3 is 0 Å². The van der Waals surface area contributed by atoms with Crippen molar-refractivity contribution in [3.63, 3.8) is 0 Å². The molecule has 2 aromatic rings. The molecule has 0 radical (unpaired) electrons. The molecule has 3 nitrogen and oxygen atoms in total. The molecule has 68 valence electrons. The normalized spacial score (nSPS) is 10.9. The van der Waals surface area contributed by atoms with Crippen LogP contribution in [0.2, 0.25) is 0 Å². The standard InChI is InChI=1S/C10H13N3/c1-8-9(7-11-2)10-5-3-4-6-13(10)12-8/h3-6,11H,7H2,1-2H3. The van der Waals surface area contributed by atoms with Crippen LogP contribution in [0.15, 0.2) is 24.4 Å². The van der Waals surface area contributed by atoms with Gasteiger partial charge in [-0.1, -0.05) is 6.07 Å². The smallest absolute Gasteiger partial charge is 0.0709 e. The minimum Gasteiger partial charge on any atom is -0.316 e. The second-order valence-corrected chi connectivity index (χ2v) is 3.12. The van der Waals surface area contributed by atoms with Crippen molar-refractivity contribution in [2.75, 3.05) is 7.05 Å². The van der Waals surface area contributed by atoms with Gasteiger partial charge in [0.2, 0.25) is 0 Å². The maximum atomic E-state index is 4.41. The maximum absolute atomic E-state index is 4.41. The predicted molar refractivity (Wildman–Crippen MR) is 52.7 cm³/mol. The Labute approximate surface area is 77.4 Å². The molecule has 0 bridgehead atoms. The molecule has 0 atom stereocenters. The Morgan fingerprint density at radius 3 is 3.08 bits per heavy atom. The molecule has 0 aromatic carbocycles. The molecule has 2 aromatic heterocycles. The molecular weight excluding hydrogens is 162 g/mol. The first-order valence-corrected chi connectivity index (χ1v) is 4.40. The van der Waals surface area contributed by atoms with Gasteiger partial charge in [-0.2, -0.15) is 5.10 Å². The van der Waals surface area contributed by atoms with Crippen molar-refractivity contribution < 1.29 is 0 Å². The highest BCUT2D eigenvalue weighted by molar-refractivity contribution is 5.56. The summed E-state index contributed by atoms with van der Waals surface area (Å²) >= 11 is 0. The van der Waals surface area contributed by atoms with Crippen molar-refractivity contribution in [1.82, 2.24) is 14.9 Å². The summed E-state index contributed by atoms with van der Waals surface area (Å²) in [6, 6.07) is 6.12. The van der Waals surface area contributed by atoms with Crippen LogP contribution in [0.5, 0.6) is 0 Å². The Morgan fingerprint density at radius 2 is 2.31 bits per heavy atom. The van der Waals surface area contributed by atoms with Gasteiger partial charge in [0.25, 0.3) is 0 Å².